The van der Waals surface area contributed by atoms with Crippen molar-refractivity contribution in [2.24, 2.45) is 0 Å². The van der Waals surface area contributed by atoms with Gasteiger partial charge in [-0.3, -0.25) is 0 Å². The van der Waals surface area contributed by atoms with Crippen LogP contribution in [0.5, 0.6) is 11.5 Å². The molecular weight excluding hydrogens is 322 g/mol. The van der Waals surface area contributed by atoms with Crippen molar-refractivity contribution in [3.63, 3.8) is 0 Å². The van der Waals surface area contributed by atoms with Crippen LogP contribution in [-0.4, -0.2) is 18.8 Å². The van der Waals surface area contributed by atoms with E-state index in [1.807, 2.05) is 13.1 Å². The molecule has 1 aliphatic rings. The normalized spacial score (nSPS) is 18.7. The van der Waals surface area contributed by atoms with E-state index >= 15 is 0 Å². The number of rotatable bonds is 3. The Morgan fingerprint density at radius 2 is 1.77 bits per heavy atom. The number of phenolic OH excluding ortho intramolecular Hbond substituents is 1. The fourth-order valence-corrected chi connectivity index (χ4v) is 3.86. The van der Waals surface area contributed by atoms with Crippen LogP contribution in [0.3, 0.4) is 0 Å². The van der Waals surface area contributed by atoms with Crippen molar-refractivity contribution >= 4 is 5.69 Å². The second kappa shape index (κ2) is 6.75. The summed E-state index contributed by atoms with van der Waals surface area (Å²) in [7, 11) is 1.93. The number of benzene rings is 3. The SMILES string of the molecule is CNc1ccc(C2c3ccc(O)cc3OCC2c2cccc(C)c2)cc1. The van der Waals surface area contributed by atoms with Gasteiger partial charge in [-0.25, -0.2) is 0 Å². The summed E-state index contributed by atoms with van der Waals surface area (Å²) in [6.45, 7) is 2.72. The summed E-state index contributed by atoms with van der Waals surface area (Å²) in [4.78, 5) is 0. The van der Waals surface area contributed by atoms with Crippen LogP contribution in [-0.2, 0) is 0 Å². The quantitative estimate of drug-likeness (QED) is 0.698. The van der Waals surface area contributed by atoms with Gasteiger partial charge in [0.1, 0.15) is 11.5 Å². The summed E-state index contributed by atoms with van der Waals surface area (Å²) >= 11 is 0. The van der Waals surface area contributed by atoms with E-state index in [-0.39, 0.29) is 17.6 Å². The lowest BCUT2D eigenvalue weighted by molar-refractivity contribution is 0.247. The topological polar surface area (TPSA) is 41.5 Å². The molecule has 0 spiro atoms. The zero-order valence-electron chi connectivity index (χ0n) is 15.1. The number of fused-ring (bicyclic) bond motifs is 1. The molecule has 3 nitrogen and oxygen atoms in total. The molecule has 132 valence electrons. The zero-order chi connectivity index (χ0) is 18.1. The molecule has 3 aromatic rings. The molecule has 0 saturated heterocycles. The van der Waals surface area contributed by atoms with Crippen molar-refractivity contribution in [3.05, 3.63) is 89.0 Å². The predicted octanol–water partition coefficient (Wildman–Crippen LogP) is 5.05. The van der Waals surface area contributed by atoms with E-state index in [0.717, 1.165) is 17.0 Å². The van der Waals surface area contributed by atoms with Crippen LogP contribution >= 0.6 is 0 Å². The standard InChI is InChI=1S/C23H23NO2/c1-15-4-3-5-17(12-15)21-14-26-22-13-19(25)10-11-20(22)23(21)16-6-8-18(24-2)9-7-16/h3-13,21,23-25H,14H2,1-2H3. The molecule has 4 rings (SSSR count). The molecule has 1 heterocycles. The monoisotopic (exact) mass is 345 g/mol. The van der Waals surface area contributed by atoms with Crippen LogP contribution in [0, 0.1) is 6.92 Å². The Hall–Kier alpha value is -2.94. The maximum absolute atomic E-state index is 9.84. The number of anilines is 1. The van der Waals surface area contributed by atoms with Gasteiger partial charge in [-0.05, 0) is 36.2 Å². The Morgan fingerprint density at radius 3 is 2.50 bits per heavy atom. The van der Waals surface area contributed by atoms with Gasteiger partial charge < -0.3 is 15.2 Å². The third-order valence-electron chi connectivity index (χ3n) is 5.18. The molecule has 0 aliphatic carbocycles. The third kappa shape index (κ3) is 3.01. The minimum absolute atomic E-state index is 0.187. The molecule has 0 radical (unpaired) electrons. The van der Waals surface area contributed by atoms with E-state index in [9.17, 15) is 5.11 Å². The fraction of sp³-hybridized carbons (Fsp3) is 0.217. The van der Waals surface area contributed by atoms with E-state index in [1.165, 1.54) is 16.7 Å². The molecule has 2 N–H and O–H groups in total. The van der Waals surface area contributed by atoms with Crippen molar-refractivity contribution in [2.45, 2.75) is 18.8 Å². The maximum Gasteiger partial charge on any atom is 0.126 e. The molecule has 0 aromatic heterocycles. The van der Waals surface area contributed by atoms with Gasteiger partial charge in [-0.15, -0.1) is 0 Å². The molecule has 2 unspecified atom stereocenters. The predicted molar refractivity (Wildman–Crippen MR) is 105 cm³/mol. The van der Waals surface area contributed by atoms with Crippen LogP contribution in [0.4, 0.5) is 5.69 Å². The Balaban J connectivity index is 1.84. The summed E-state index contributed by atoms with van der Waals surface area (Å²) in [5, 5.41) is 13.0. The van der Waals surface area contributed by atoms with Crippen molar-refractivity contribution in [1.29, 1.82) is 0 Å². The van der Waals surface area contributed by atoms with Gasteiger partial charge in [0.05, 0.1) is 6.61 Å². The van der Waals surface area contributed by atoms with Gasteiger partial charge in [0, 0.05) is 36.2 Å². The lowest BCUT2D eigenvalue weighted by atomic mass is 9.75. The Labute approximate surface area is 154 Å². The molecular formula is C23H23NO2. The van der Waals surface area contributed by atoms with Gasteiger partial charge in [-0.1, -0.05) is 48.0 Å². The average Bonchev–Trinajstić information content (AvgIpc) is 2.67. The summed E-state index contributed by atoms with van der Waals surface area (Å²) < 4.78 is 6.04. The first-order chi connectivity index (χ1) is 12.7. The van der Waals surface area contributed by atoms with Crippen LogP contribution in [0.15, 0.2) is 66.7 Å². The minimum atomic E-state index is 0.187. The smallest absolute Gasteiger partial charge is 0.126 e. The van der Waals surface area contributed by atoms with Gasteiger partial charge in [0.25, 0.3) is 0 Å². The number of phenols is 1. The fourth-order valence-electron chi connectivity index (χ4n) is 3.86. The summed E-state index contributed by atoms with van der Waals surface area (Å²) in [6, 6.07) is 22.7. The molecule has 0 bridgehead atoms. The maximum atomic E-state index is 9.84. The number of aryl methyl sites for hydroxylation is 1. The van der Waals surface area contributed by atoms with Crippen molar-refractivity contribution < 1.29 is 9.84 Å². The number of hydrogen-bond donors (Lipinski definition) is 2. The molecule has 3 aromatic carbocycles. The average molecular weight is 345 g/mol. The Bertz CT molecular complexity index is 918. The van der Waals surface area contributed by atoms with Crippen molar-refractivity contribution in [1.82, 2.24) is 0 Å². The van der Waals surface area contributed by atoms with E-state index < -0.39 is 0 Å². The largest absolute Gasteiger partial charge is 0.508 e. The van der Waals surface area contributed by atoms with Gasteiger partial charge in [0.15, 0.2) is 0 Å². The van der Waals surface area contributed by atoms with E-state index in [1.54, 1.807) is 12.1 Å². The van der Waals surface area contributed by atoms with Crippen molar-refractivity contribution in [3.8, 4) is 11.5 Å². The second-order valence-corrected chi connectivity index (χ2v) is 6.90. The summed E-state index contributed by atoms with van der Waals surface area (Å²) in [6.07, 6.45) is 0. The van der Waals surface area contributed by atoms with Crippen molar-refractivity contribution in [2.75, 3.05) is 19.0 Å². The summed E-state index contributed by atoms with van der Waals surface area (Å²) in [5.74, 6) is 1.43. The molecule has 0 saturated carbocycles. The zero-order valence-corrected chi connectivity index (χ0v) is 15.1. The molecule has 0 fully saturated rings. The molecule has 3 heteroatoms. The highest BCUT2D eigenvalue weighted by Gasteiger charge is 2.33. The number of aromatic hydroxyl groups is 1. The van der Waals surface area contributed by atoms with E-state index in [4.69, 9.17) is 4.74 Å². The molecule has 2 atom stereocenters. The lowest BCUT2D eigenvalue weighted by Crippen LogP contribution is -2.25. The highest BCUT2D eigenvalue weighted by molar-refractivity contribution is 5.53. The Morgan fingerprint density at radius 1 is 0.962 bits per heavy atom. The lowest BCUT2D eigenvalue weighted by Gasteiger charge is -2.34. The first-order valence-electron chi connectivity index (χ1n) is 8.95. The van der Waals surface area contributed by atoms with Gasteiger partial charge in [0.2, 0.25) is 0 Å². The molecule has 26 heavy (non-hydrogen) atoms. The van der Waals surface area contributed by atoms with Crippen LogP contribution in [0.2, 0.25) is 0 Å². The van der Waals surface area contributed by atoms with Crippen LogP contribution in [0.1, 0.15) is 34.1 Å². The van der Waals surface area contributed by atoms with Gasteiger partial charge in [-0.2, -0.15) is 0 Å². The van der Waals surface area contributed by atoms with E-state index in [0.29, 0.717) is 6.61 Å². The third-order valence-corrected chi connectivity index (χ3v) is 5.18. The highest BCUT2D eigenvalue weighted by Crippen LogP contribution is 2.47. The molecule has 1 aliphatic heterocycles. The number of nitrogens with one attached hydrogen (secondary N) is 1. The number of ether oxygens (including phenoxy) is 1. The van der Waals surface area contributed by atoms with Crippen LogP contribution in [0.25, 0.3) is 0 Å². The minimum Gasteiger partial charge on any atom is -0.508 e. The highest BCUT2D eigenvalue weighted by atomic mass is 16.5. The Kier molecular flexibility index (Phi) is 4.29. The van der Waals surface area contributed by atoms with Crippen LogP contribution < -0.4 is 10.1 Å². The first-order valence-corrected chi connectivity index (χ1v) is 8.95. The van der Waals surface area contributed by atoms with Gasteiger partial charge >= 0.3 is 0 Å². The first kappa shape index (κ1) is 16.5. The number of hydrogen-bond acceptors (Lipinski definition) is 3. The second-order valence-electron chi connectivity index (χ2n) is 6.90. The molecule has 0 amide bonds. The van der Waals surface area contributed by atoms with E-state index in [2.05, 4.69) is 60.8 Å². The summed E-state index contributed by atoms with van der Waals surface area (Å²) in [5.41, 5.74) is 6.01.